The first kappa shape index (κ1) is 27.0. The molecule has 1 rings (SSSR count). The molecule has 174 valence electrons. The Morgan fingerprint density at radius 1 is 0.700 bits per heavy atom. The van der Waals surface area contributed by atoms with Gasteiger partial charge >= 0.3 is 0 Å². The van der Waals surface area contributed by atoms with Gasteiger partial charge in [0.2, 0.25) is 0 Å². The van der Waals surface area contributed by atoms with E-state index in [0.29, 0.717) is 5.92 Å². The van der Waals surface area contributed by atoms with Crippen LogP contribution in [0.3, 0.4) is 0 Å². The molecule has 30 heavy (non-hydrogen) atoms. The van der Waals surface area contributed by atoms with Gasteiger partial charge in [-0.25, -0.2) is 0 Å². The summed E-state index contributed by atoms with van der Waals surface area (Å²) in [4.78, 5) is 0. The third-order valence-corrected chi connectivity index (χ3v) is 5.92. The molecule has 0 bridgehead atoms. The summed E-state index contributed by atoms with van der Waals surface area (Å²) in [6.45, 7) is 9.66. The topological polar surface area (TPSA) is 21.3 Å². The molecule has 0 spiro atoms. The predicted molar refractivity (Wildman–Crippen MR) is 133 cm³/mol. The molecule has 2 heteroatoms. The standard InChI is InChI=1S/C28H51NO/c1-4-5-6-7-8-9-10-11-12-13-14-15-16-17-23-29-25-27-18-20-28(21-19-27)30-24-22-26(2)3/h18-21,26,29H,4-17,22-25H2,1-3H3. The Balaban J connectivity index is 1.84. The van der Waals surface area contributed by atoms with Crippen LogP contribution in [0.25, 0.3) is 0 Å². The maximum absolute atomic E-state index is 5.79. The Kier molecular flexibility index (Phi) is 17.9. The average molecular weight is 418 g/mol. The van der Waals surface area contributed by atoms with Crippen molar-refractivity contribution in [2.45, 2.75) is 124 Å². The quantitative estimate of drug-likeness (QED) is 0.202. The molecule has 0 amide bonds. The fourth-order valence-corrected chi connectivity index (χ4v) is 3.79. The predicted octanol–water partition coefficient (Wildman–Crippen LogP) is 8.68. The first-order chi connectivity index (χ1) is 14.7. The minimum absolute atomic E-state index is 0.698. The fraction of sp³-hybridized carbons (Fsp3) is 0.786. The molecular formula is C28H51NO. The highest BCUT2D eigenvalue weighted by molar-refractivity contribution is 5.27. The van der Waals surface area contributed by atoms with Gasteiger partial charge in [0.15, 0.2) is 0 Å². The number of rotatable bonds is 21. The number of hydrogen-bond acceptors (Lipinski definition) is 2. The van der Waals surface area contributed by atoms with Crippen molar-refractivity contribution in [2.75, 3.05) is 13.2 Å². The van der Waals surface area contributed by atoms with Crippen molar-refractivity contribution in [3.05, 3.63) is 29.8 Å². The van der Waals surface area contributed by atoms with E-state index in [2.05, 4.69) is 50.4 Å². The Hall–Kier alpha value is -1.02. The average Bonchev–Trinajstić information content (AvgIpc) is 2.74. The van der Waals surface area contributed by atoms with Gasteiger partial charge in [-0.15, -0.1) is 0 Å². The third kappa shape index (κ3) is 16.7. The highest BCUT2D eigenvalue weighted by Gasteiger charge is 1.98. The first-order valence-corrected chi connectivity index (χ1v) is 13.1. The van der Waals surface area contributed by atoms with Gasteiger partial charge in [0.05, 0.1) is 6.61 Å². The van der Waals surface area contributed by atoms with E-state index in [1.165, 1.54) is 95.5 Å². The molecule has 0 radical (unpaired) electrons. The lowest BCUT2D eigenvalue weighted by Gasteiger charge is -2.09. The van der Waals surface area contributed by atoms with Crippen LogP contribution in [0.1, 0.15) is 123 Å². The summed E-state index contributed by atoms with van der Waals surface area (Å²) in [6, 6.07) is 8.57. The number of benzene rings is 1. The summed E-state index contributed by atoms with van der Waals surface area (Å²) in [5, 5.41) is 3.58. The van der Waals surface area contributed by atoms with Crippen LogP contribution in [0.15, 0.2) is 24.3 Å². The molecule has 0 saturated carbocycles. The van der Waals surface area contributed by atoms with E-state index in [0.717, 1.165) is 31.9 Å². The molecule has 1 aromatic carbocycles. The molecule has 1 aromatic rings. The van der Waals surface area contributed by atoms with Gasteiger partial charge in [-0.1, -0.05) is 116 Å². The molecule has 2 nitrogen and oxygen atoms in total. The summed E-state index contributed by atoms with van der Waals surface area (Å²) >= 11 is 0. The van der Waals surface area contributed by atoms with E-state index in [1.54, 1.807) is 0 Å². The molecule has 0 aliphatic carbocycles. The molecule has 0 heterocycles. The largest absolute Gasteiger partial charge is 0.494 e. The fourth-order valence-electron chi connectivity index (χ4n) is 3.79. The van der Waals surface area contributed by atoms with Gasteiger partial charge < -0.3 is 10.1 Å². The second-order valence-corrected chi connectivity index (χ2v) is 9.45. The van der Waals surface area contributed by atoms with Crippen molar-refractivity contribution in [3.8, 4) is 5.75 Å². The molecule has 0 aliphatic heterocycles. The van der Waals surface area contributed by atoms with Crippen molar-refractivity contribution in [3.63, 3.8) is 0 Å². The lowest BCUT2D eigenvalue weighted by atomic mass is 10.0. The van der Waals surface area contributed by atoms with Crippen LogP contribution in [0.4, 0.5) is 0 Å². The maximum atomic E-state index is 5.79. The van der Waals surface area contributed by atoms with E-state index >= 15 is 0 Å². The number of hydrogen-bond donors (Lipinski definition) is 1. The van der Waals surface area contributed by atoms with Crippen LogP contribution in [-0.2, 0) is 6.54 Å². The van der Waals surface area contributed by atoms with Crippen LogP contribution < -0.4 is 10.1 Å². The molecule has 0 atom stereocenters. The van der Waals surface area contributed by atoms with Gasteiger partial charge in [0, 0.05) is 6.54 Å². The van der Waals surface area contributed by atoms with Gasteiger partial charge in [-0.2, -0.15) is 0 Å². The summed E-state index contributed by atoms with van der Waals surface area (Å²) in [7, 11) is 0. The SMILES string of the molecule is CCCCCCCCCCCCCCCCNCc1ccc(OCCC(C)C)cc1. The second kappa shape index (κ2) is 19.9. The van der Waals surface area contributed by atoms with Crippen LogP contribution in [0.5, 0.6) is 5.75 Å². The molecule has 0 aromatic heterocycles. The second-order valence-electron chi connectivity index (χ2n) is 9.45. The van der Waals surface area contributed by atoms with E-state index < -0.39 is 0 Å². The van der Waals surface area contributed by atoms with E-state index in [1.807, 2.05) is 0 Å². The smallest absolute Gasteiger partial charge is 0.119 e. The lowest BCUT2D eigenvalue weighted by molar-refractivity contribution is 0.289. The van der Waals surface area contributed by atoms with Crippen LogP contribution in [-0.4, -0.2) is 13.2 Å². The molecule has 0 aliphatic rings. The monoisotopic (exact) mass is 417 g/mol. The third-order valence-electron chi connectivity index (χ3n) is 5.92. The van der Waals surface area contributed by atoms with Crippen LogP contribution >= 0.6 is 0 Å². The highest BCUT2D eigenvalue weighted by atomic mass is 16.5. The summed E-state index contributed by atoms with van der Waals surface area (Å²) in [5.74, 6) is 1.69. The van der Waals surface area contributed by atoms with Crippen LogP contribution in [0, 0.1) is 5.92 Å². The van der Waals surface area contributed by atoms with Gasteiger partial charge in [-0.3, -0.25) is 0 Å². The maximum Gasteiger partial charge on any atom is 0.119 e. The zero-order valence-electron chi connectivity index (χ0n) is 20.5. The Morgan fingerprint density at radius 2 is 1.20 bits per heavy atom. The van der Waals surface area contributed by atoms with Gasteiger partial charge in [0.1, 0.15) is 5.75 Å². The highest BCUT2D eigenvalue weighted by Crippen LogP contribution is 2.14. The minimum atomic E-state index is 0.698. The Bertz CT molecular complexity index is 468. The van der Waals surface area contributed by atoms with Crippen molar-refractivity contribution in [1.29, 1.82) is 0 Å². The molecule has 1 N–H and O–H groups in total. The summed E-state index contributed by atoms with van der Waals surface area (Å²) < 4.78 is 5.79. The molecule has 0 fully saturated rings. The lowest BCUT2D eigenvalue weighted by Crippen LogP contribution is -2.14. The molecular weight excluding hydrogens is 366 g/mol. The zero-order valence-corrected chi connectivity index (χ0v) is 20.5. The molecule has 0 unspecified atom stereocenters. The normalized spacial score (nSPS) is 11.3. The van der Waals surface area contributed by atoms with Crippen molar-refractivity contribution >= 4 is 0 Å². The van der Waals surface area contributed by atoms with E-state index in [4.69, 9.17) is 4.74 Å². The Labute approximate surface area is 188 Å². The van der Waals surface area contributed by atoms with E-state index in [9.17, 15) is 0 Å². The van der Waals surface area contributed by atoms with Gasteiger partial charge in [-0.05, 0) is 43.0 Å². The molecule has 0 saturated heterocycles. The van der Waals surface area contributed by atoms with E-state index in [-0.39, 0.29) is 0 Å². The van der Waals surface area contributed by atoms with Crippen molar-refractivity contribution in [1.82, 2.24) is 5.32 Å². The minimum Gasteiger partial charge on any atom is -0.494 e. The van der Waals surface area contributed by atoms with Crippen LogP contribution in [0.2, 0.25) is 0 Å². The number of unbranched alkanes of at least 4 members (excludes halogenated alkanes) is 13. The van der Waals surface area contributed by atoms with Crippen molar-refractivity contribution < 1.29 is 4.74 Å². The number of ether oxygens (including phenoxy) is 1. The first-order valence-electron chi connectivity index (χ1n) is 13.1. The van der Waals surface area contributed by atoms with Gasteiger partial charge in [0.25, 0.3) is 0 Å². The van der Waals surface area contributed by atoms with Crippen molar-refractivity contribution in [2.24, 2.45) is 5.92 Å². The number of nitrogens with one attached hydrogen (secondary N) is 1. The Morgan fingerprint density at radius 3 is 1.70 bits per heavy atom. The summed E-state index contributed by atoms with van der Waals surface area (Å²) in [6.07, 6.45) is 21.0. The zero-order chi connectivity index (χ0) is 21.7. The summed E-state index contributed by atoms with van der Waals surface area (Å²) in [5.41, 5.74) is 1.34.